The van der Waals surface area contributed by atoms with Crippen molar-refractivity contribution < 1.29 is 14.6 Å². The van der Waals surface area contributed by atoms with Crippen LogP contribution in [0.25, 0.3) is 0 Å². The van der Waals surface area contributed by atoms with Gasteiger partial charge in [-0.25, -0.2) is 9.78 Å². The largest absolute Gasteiger partial charge is 0.477 e. The van der Waals surface area contributed by atoms with E-state index in [1.807, 2.05) is 0 Å². The smallest absolute Gasteiger partial charge is 0.341 e. The highest BCUT2D eigenvalue weighted by molar-refractivity contribution is 6.32. The highest BCUT2D eigenvalue weighted by Gasteiger charge is 2.14. The second kappa shape index (κ2) is 5.06. The van der Waals surface area contributed by atoms with Gasteiger partial charge in [-0.15, -0.1) is 0 Å². The number of hydrogen-bond donors (Lipinski definition) is 1. The minimum Gasteiger partial charge on any atom is -0.477 e. The Balaban J connectivity index is 2.42. The maximum atomic E-state index is 11.1. The number of aromatic nitrogens is 1. The van der Waals surface area contributed by atoms with Gasteiger partial charge in [0.05, 0.1) is 5.02 Å². The number of carboxylic acids is 1. The van der Waals surface area contributed by atoms with Crippen molar-refractivity contribution in [2.45, 2.75) is 6.92 Å². The summed E-state index contributed by atoms with van der Waals surface area (Å²) in [4.78, 5) is 15.1. The first-order valence-corrected chi connectivity index (χ1v) is 5.59. The molecule has 1 aromatic carbocycles. The number of hydrogen-bond acceptors (Lipinski definition) is 3. The molecule has 5 heteroatoms. The zero-order chi connectivity index (χ0) is 13.1. The molecule has 0 radical (unpaired) electrons. The van der Waals surface area contributed by atoms with Crippen LogP contribution in [0.1, 0.15) is 16.1 Å². The third-order valence-electron chi connectivity index (χ3n) is 2.27. The number of benzene rings is 1. The van der Waals surface area contributed by atoms with E-state index in [4.69, 9.17) is 21.4 Å². The predicted molar refractivity (Wildman–Crippen MR) is 67.5 cm³/mol. The minimum absolute atomic E-state index is 0.000481. The van der Waals surface area contributed by atoms with Gasteiger partial charge in [0.25, 0.3) is 0 Å². The fraction of sp³-hybridized carbons (Fsp3) is 0.0769. The molecule has 0 spiro atoms. The van der Waals surface area contributed by atoms with Crippen molar-refractivity contribution in [3.05, 3.63) is 52.7 Å². The molecule has 0 aliphatic heterocycles. The van der Waals surface area contributed by atoms with Crippen molar-refractivity contribution in [1.82, 2.24) is 4.98 Å². The summed E-state index contributed by atoms with van der Waals surface area (Å²) in [5.74, 6) is -0.681. The van der Waals surface area contributed by atoms with E-state index in [9.17, 15) is 4.79 Å². The predicted octanol–water partition coefficient (Wildman–Crippen LogP) is 3.53. The number of pyridine rings is 1. The molecule has 2 rings (SSSR count). The number of para-hydroxylation sites is 1. The molecular weight excluding hydrogens is 254 g/mol. The fourth-order valence-corrected chi connectivity index (χ4v) is 1.58. The molecule has 0 fully saturated rings. The second-order valence-electron chi connectivity index (χ2n) is 3.64. The molecule has 0 bridgehead atoms. The lowest BCUT2D eigenvalue weighted by Gasteiger charge is -2.09. The molecule has 92 valence electrons. The first kappa shape index (κ1) is 12.4. The summed E-state index contributed by atoms with van der Waals surface area (Å²) in [7, 11) is 0. The van der Waals surface area contributed by atoms with Gasteiger partial charge in [-0.3, -0.25) is 0 Å². The average molecular weight is 264 g/mol. The second-order valence-corrected chi connectivity index (χ2v) is 4.05. The Hall–Kier alpha value is -2.07. The molecule has 0 atom stereocenters. The first-order chi connectivity index (χ1) is 8.58. The summed E-state index contributed by atoms with van der Waals surface area (Å²) in [5.41, 5.74) is 0.669. The Kier molecular flexibility index (Phi) is 3.48. The zero-order valence-electron chi connectivity index (χ0n) is 9.55. The normalized spacial score (nSPS) is 10.1. The van der Waals surface area contributed by atoms with Crippen LogP contribution >= 0.6 is 11.6 Å². The van der Waals surface area contributed by atoms with Crippen LogP contribution < -0.4 is 4.74 Å². The number of nitrogens with zero attached hydrogens (tertiary/aromatic N) is 1. The number of halogens is 1. The van der Waals surface area contributed by atoms with Crippen molar-refractivity contribution in [3.63, 3.8) is 0 Å². The molecule has 1 N–H and O–H groups in total. The highest BCUT2D eigenvalue weighted by atomic mass is 35.5. The van der Waals surface area contributed by atoms with E-state index in [1.54, 1.807) is 37.3 Å². The van der Waals surface area contributed by atoms with Crippen LogP contribution in [0, 0.1) is 6.92 Å². The van der Waals surface area contributed by atoms with Gasteiger partial charge in [-0.05, 0) is 31.2 Å². The number of aryl methyl sites for hydroxylation is 1. The van der Waals surface area contributed by atoms with Crippen LogP contribution in [0.5, 0.6) is 11.6 Å². The maximum absolute atomic E-state index is 11.1. The molecular formula is C13H10ClNO3. The summed E-state index contributed by atoms with van der Waals surface area (Å²) < 4.78 is 5.46. The number of carboxylic acid groups (broad SMARTS) is 1. The van der Waals surface area contributed by atoms with Crippen molar-refractivity contribution in [1.29, 1.82) is 0 Å². The van der Waals surface area contributed by atoms with E-state index in [1.165, 1.54) is 6.07 Å². The van der Waals surface area contributed by atoms with E-state index >= 15 is 0 Å². The minimum atomic E-state index is -1.09. The summed E-state index contributed by atoms with van der Waals surface area (Å²) >= 11 is 5.95. The van der Waals surface area contributed by atoms with Gasteiger partial charge in [-0.2, -0.15) is 0 Å². The third kappa shape index (κ3) is 2.60. The number of rotatable bonds is 3. The maximum Gasteiger partial charge on any atom is 0.341 e. The molecule has 1 heterocycles. The van der Waals surface area contributed by atoms with Crippen LogP contribution in [-0.2, 0) is 0 Å². The Morgan fingerprint density at radius 1 is 1.28 bits per heavy atom. The average Bonchev–Trinajstić information content (AvgIpc) is 2.32. The zero-order valence-corrected chi connectivity index (χ0v) is 10.3. The van der Waals surface area contributed by atoms with Gasteiger partial charge in [-0.1, -0.05) is 23.7 Å². The van der Waals surface area contributed by atoms with Gasteiger partial charge < -0.3 is 9.84 Å². The van der Waals surface area contributed by atoms with E-state index < -0.39 is 5.97 Å². The van der Waals surface area contributed by atoms with Crippen LogP contribution in [0.15, 0.2) is 36.4 Å². The van der Waals surface area contributed by atoms with Crippen molar-refractivity contribution >= 4 is 17.6 Å². The lowest BCUT2D eigenvalue weighted by atomic mass is 10.2. The Bertz CT molecular complexity index is 599. The summed E-state index contributed by atoms with van der Waals surface area (Å²) in [6.45, 7) is 1.76. The van der Waals surface area contributed by atoms with Crippen molar-refractivity contribution in [3.8, 4) is 11.6 Å². The number of aromatic carboxylic acids is 1. The van der Waals surface area contributed by atoms with E-state index in [2.05, 4.69) is 4.98 Å². The number of ether oxygens (including phenoxy) is 1. The van der Waals surface area contributed by atoms with E-state index in [-0.39, 0.29) is 11.4 Å². The van der Waals surface area contributed by atoms with Gasteiger partial charge in [0.1, 0.15) is 11.3 Å². The molecule has 2 aromatic rings. The Morgan fingerprint density at radius 3 is 2.67 bits per heavy atom. The van der Waals surface area contributed by atoms with E-state index in [0.29, 0.717) is 16.5 Å². The molecule has 0 unspecified atom stereocenters. The highest BCUT2D eigenvalue weighted by Crippen LogP contribution is 2.29. The molecule has 0 aliphatic carbocycles. The van der Waals surface area contributed by atoms with Crippen LogP contribution in [-0.4, -0.2) is 16.1 Å². The Labute approximate surface area is 109 Å². The third-order valence-corrected chi connectivity index (χ3v) is 2.59. The molecule has 0 amide bonds. The summed E-state index contributed by atoms with van der Waals surface area (Å²) in [6.07, 6.45) is 0. The number of carbonyl (C=O) groups is 1. The topological polar surface area (TPSA) is 59.4 Å². The molecule has 0 aliphatic rings. The molecule has 18 heavy (non-hydrogen) atoms. The quantitative estimate of drug-likeness (QED) is 0.920. The van der Waals surface area contributed by atoms with Gasteiger partial charge in [0.15, 0.2) is 0 Å². The molecule has 4 nitrogen and oxygen atoms in total. The van der Waals surface area contributed by atoms with Crippen LogP contribution in [0.4, 0.5) is 0 Å². The monoisotopic (exact) mass is 263 g/mol. The van der Waals surface area contributed by atoms with Gasteiger partial charge >= 0.3 is 5.97 Å². The van der Waals surface area contributed by atoms with E-state index in [0.717, 1.165) is 0 Å². The van der Waals surface area contributed by atoms with Crippen LogP contribution in [0.3, 0.4) is 0 Å². The molecule has 0 saturated carbocycles. The first-order valence-electron chi connectivity index (χ1n) is 5.21. The summed E-state index contributed by atoms with van der Waals surface area (Å²) in [6, 6.07) is 9.89. The van der Waals surface area contributed by atoms with Crippen molar-refractivity contribution in [2.24, 2.45) is 0 Å². The fourth-order valence-electron chi connectivity index (χ4n) is 1.41. The summed E-state index contributed by atoms with van der Waals surface area (Å²) in [5, 5.41) is 9.45. The molecule has 0 saturated heterocycles. The van der Waals surface area contributed by atoms with Crippen LogP contribution in [0.2, 0.25) is 5.02 Å². The standard InChI is InChI=1S/C13H10ClNO3/c1-8-6-7-9(13(16)17)12(15-8)18-11-5-3-2-4-10(11)14/h2-7H,1H3,(H,16,17). The SMILES string of the molecule is Cc1ccc(C(=O)O)c(Oc2ccccc2Cl)n1. The Morgan fingerprint density at radius 2 is 2.00 bits per heavy atom. The lowest BCUT2D eigenvalue weighted by molar-refractivity contribution is 0.0693. The molecule has 1 aromatic heterocycles. The van der Waals surface area contributed by atoms with Crippen molar-refractivity contribution in [2.75, 3.05) is 0 Å². The van der Waals surface area contributed by atoms with Gasteiger partial charge in [0.2, 0.25) is 5.88 Å². The van der Waals surface area contributed by atoms with Gasteiger partial charge in [0, 0.05) is 5.69 Å². The lowest BCUT2D eigenvalue weighted by Crippen LogP contribution is -2.03.